The number of benzene rings is 3. The van der Waals surface area contributed by atoms with Gasteiger partial charge in [-0.25, -0.2) is 0 Å². The monoisotopic (exact) mass is 388 g/mol. The number of nitriles is 1. The smallest absolute Gasteiger partial charge is 0.163 e. The molecule has 0 saturated heterocycles. The number of rotatable bonds is 8. The second kappa shape index (κ2) is 9.49. The number of nitrogens with one attached hydrogen (secondary N) is 1. The largest absolute Gasteiger partial charge is 0.493 e. The van der Waals surface area contributed by atoms with Crippen LogP contribution in [0.5, 0.6) is 11.5 Å². The molecule has 0 aromatic heterocycles. The zero-order chi connectivity index (χ0) is 20.6. The minimum atomic E-state index is -0.222. The molecule has 0 aliphatic heterocycles. The lowest BCUT2D eigenvalue weighted by Gasteiger charge is -2.22. The van der Waals surface area contributed by atoms with E-state index in [1.54, 1.807) is 25.3 Å². The van der Waals surface area contributed by atoms with Crippen molar-refractivity contribution >= 4 is 11.4 Å². The number of nitrogens with two attached hydrogens (primary N) is 2. The molecule has 6 nitrogen and oxygen atoms in total. The topological polar surface area (TPSA) is 106 Å². The molecular weight excluding hydrogens is 364 g/mol. The predicted octanol–water partition coefficient (Wildman–Crippen LogP) is 3.84. The summed E-state index contributed by atoms with van der Waals surface area (Å²) in [5, 5.41) is 12.3. The first-order valence-electron chi connectivity index (χ1n) is 9.25. The summed E-state index contributed by atoms with van der Waals surface area (Å²) >= 11 is 0. The maximum absolute atomic E-state index is 8.94. The van der Waals surface area contributed by atoms with E-state index in [9.17, 15) is 0 Å². The van der Waals surface area contributed by atoms with Gasteiger partial charge in [0.05, 0.1) is 24.8 Å². The van der Waals surface area contributed by atoms with E-state index in [2.05, 4.69) is 11.4 Å². The van der Waals surface area contributed by atoms with Crippen molar-refractivity contribution < 1.29 is 9.47 Å². The van der Waals surface area contributed by atoms with Gasteiger partial charge in [0.25, 0.3) is 0 Å². The molecule has 0 aliphatic rings. The lowest BCUT2D eigenvalue weighted by atomic mass is 10.0. The highest BCUT2D eigenvalue weighted by atomic mass is 16.5. The predicted molar refractivity (Wildman–Crippen MR) is 115 cm³/mol. The second-order valence-corrected chi connectivity index (χ2v) is 6.53. The summed E-state index contributed by atoms with van der Waals surface area (Å²) in [5.74, 6) is 1.16. The highest BCUT2D eigenvalue weighted by Crippen LogP contribution is 2.36. The van der Waals surface area contributed by atoms with Crippen molar-refractivity contribution in [2.45, 2.75) is 12.6 Å². The number of nitrogen functional groups attached to an aromatic ring is 1. The fourth-order valence-corrected chi connectivity index (χ4v) is 3.01. The molecule has 3 rings (SSSR count). The van der Waals surface area contributed by atoms with Crippen molar-refractivity contribution in [3.05, 3.63) is 83.4 Å². The van der Waals surface area contributed by atoms with E-state index < -0.39 is 0 Å². The normalized spacial score (nSPS) is 11.3. The van der Waals surface area contributed by atoms with Crippen LogP contribution in [0.3, 0.4) is 0 Å². The minimum absolute atomic E-state index is 0.222. The lowest BCUT2D eigenvalue weighted by molar-refractivity contribution is 0.284. The van der Waals surface area contributed by atoms with E-state index in [0.29, 0.717) is 35.9 Å². The van der Waals surface area contributed by atoms with E-state index in [-0.39, 0.29) is 6.04 Å². The molecule has 3 aromatic rings. The van der Waals surface area contributed by atoms with Gasteiger partial charge in [-0.1, -0.05) is 30.3 Å². The first kappa shape index (κ1) is 20.1. The summed E-state index contributed by atoms with van der Waals surface area (Å²) in [4.78, 5) is 0. The van der Waals surface area contributed by atoms with Crippen molar-refractivity contribution in [1.29, 1.82) is 5.26 Å². The van der Waals surface area contributed by atoms with E-state index in [1.807, 2.05) is 48.5 Å². The minimum Gasteiger partial charge on any atom is -0.493 e. The Labute approximate surface area is 170 Å². The number of hydrogen-bond acceptors (Lipinski definition) is 6. The molecule has 0 spiro atoms. The van der Waals surface area contributed by atoms with Crippen molar-refractivity contribution in [3.63, 3.8) is 0 Å². The standard InChI is InChI=1S/C23H24N4O2/c1-28-22-11-19(21(14-25)27-18-9-7-16(13-24)8-10-18)20(26)12-23(22)29-15-17-5-3-2-4-6-17/h2-12,21,27H,14-15,25-26H2,1H3. The van der Waals surface area contributed by atoms with Gasteiger partial charge in [0.2, 0.25) is 0 Å². The molecule has 3 aromatic carbocycles. The zero-order valence-electron chi connectivity index (χ0n) is 16.3. The summed E-state index contributed by atoms with van der Waals surface area (Å²) in [5.41, 5.74) is 16.2. The molecule has 0 heterocycles. The molecule has 29 heavy (non-hydrogen) atoms. The molecule has 0 saturated carbocycles. The van der Waals surface area contributed by atoms with Crippen molar-refractivity contribution in [3.8, 4) is 17.6 Å². The molecule has 1 unspecified atom stereocenters. The molecular formula is C23H24N4O2. The summed E-state index contributed by atoms with van der Waals surface area (Å²) in [6, 6.07) is 22.6. The Kier molecular flexibility index (Phi) is 6.56. The molecule has 1 atom stereocenters. The van der Waals surface area contributed by atoms with Gasteiger partial charge in [-0.3, -0.25) is 0 Å². The van der Waals surface area contributed by atoms with Crippen LogP contribution in [0, 0.1) is 11.3 Å². The SMILES string of the molecule is COc1cc(C(CN)Nc2ccc(C#N)cc2)c(N)cc1OCc1ccccc1. The van der Waals surface area contributed by atoms with Crippen LogP contribution < -0.4 is 26.3 Å². The van der Waals surface area contributed by atoms with Crippen molar-refractivity contribution in [1.82, 2.24) is 0 Å². The Morgan fingerprint density at radius 3 is 2.38 bits per heavy atom. The van der Waals surface area contributed by atoms with Gasteiger partial charge in [-0.05, 0) is 35.9 Å². The highest BCUT2D eigenvalue weighted by molar-refractivity contribution is 5.61. The molecule has 0 aliphatic carbocycles. The fourth-order valence-electron chi connectivity index (χ4n) is 3.01. The van der Waals surface area contributed by atoms with Crippen LogP contribution in [0.1, 0.15) is 22.7 Å². The fraction of sp³-hybridized carbons (Fsp3) is 0.174. The van der Waals surface area contributed by atoms with Gasteiger partial charge in [-0.15, -0.1) is 0 Å². The van der Waals surface area contributed by atoms with Crippen LogP contribution in [0.25, 0.3) is 0 Å². The molecule has 5 N–H and O–H groups in total. The number of anilines is 2. The Morgan fingerprint density at radius 2 is 1.76 bits per heavy atom. The third-order valence-electron chi connectivity index (χ3n) is 4.57. The summed E-state index contributed by atoms with van der Waals surface area (Å²) < 4.78 is 11.4. The first-order chi connectivity index (χ1) is 14.1. The maximum Gasteiger partial charge on any atom is 0.163 e. The van der Waals surface area contributed by atoms with Crippen LogP contribution in [0.15, 0.2) is 66.7 Å². The first-order valence-corrected chi connectivity index (χ1v) is 9.25. The third kappa shape index (κ3) is 4.98. The van der Waals surface area contributed by atoms with Gasteiger partial charge in [0.15, 0.2) is 11.5 Å². The van der Waals surface area contributed by atoms with Crippen LogP contribution in [0.2, 0.25) is 0 Å². The summed E-state index contributed by atoms with van der Waals surface area (Å²) in [6.45, 7) is 0.747. The Morgan fingerprint density at radius 1 is 1.03 bits per heavy atom. The molecule has 0 amide bonds. The van der Waals surface area contributed by atoms with Crippen LogP contribution in [0.4, 0.5) is 11.4 Å². The number of nitrogens with zero attached hydrogens (tertiary/aromatic N) is 1. The second-order valence-electron chi connectivity index (χ2n) is 6.53. The quantitative estimate of drug-likeness (QED) is 0.506. The zero-order valence-corrected chi connectivity index (χ0v) is 16.3. The molecule has 148 valence electrons. The van der Waals surface area contributed by atoms with E-state index in [4.69, 9.17) is 26.2 Å². The molecule has 0 bridgehead atoms. The highest BCUT2D eigenvalue weighted by Gasteiger charge is 2.17. The Balaban J connectivity index is 1.81. The third-order valence-corrected chi connectivity index (χ3v) is 4.57. The number of ether oxygens (including phenoxy) is 2. The van der Waals surface area contributed by atoms with Crippen LogP contribution in [-0.2, 0) is 6.61 Å². The van der Waals surface area contributed by atoms with E-state index in [0.717, 1.165) is 16.8 Å². The van der Waals surface area contributed by atoms with E-state index in [1.165, 1.54) is 0 Å². The molecule has 0 fully saturated rings. The van der Waals surface area contributed by atoms with Crippen molar-refractivity contribution in [2.24, 2.45) is 5.73 Å². The van der Waals surface area contributed by atoms with Gasteiger partial charge in [0, 0.05) is 29.5 Å². The Hall–Kier alpha value is -3.69. The summed E-state index contributed by atoms with van der Waals surface area (Å²) in [6.07, 6.45) is 0. The van der Waals surface area contributed by atoms with Gasteiger partial charge < -0.3 is 26.3 Å². The molecule has 0 radical (unpaired) electrons. The van der Waals surface area contributed by atoms with Gasteiger partial charge in [-0.2, -0.15) is 5.26 Å². The van der Waals surface area contributed by atoms with Crippen LogP contribution in [-0.4, -0.2) is 13.7 Å². The Bertz CT molecular complexity index is 982. The van der Waals surface area contributed by atoms with Gasteiger partial charge >= 0.3 is 0 Å². The molecule has 6 heteroatoms. The average molecular weight is 388 g/mol. The number of hydrogen-bond donors (Lipinski definition) is 3. The van der Waals surface area contributed by atoms with Gasteiger partial charge in [0.1, 0.15) is 6.61 Å². The maximum atomic E-state index is 8.94. The lowest BCUT2D eigenvalue weighted by Crippen LogP contribution is -2.22. The van der Waals surface area contributed by atoms with E-state index >= 15 is 0 Å². The van der Waals surface area contributed by atoms with Crippen molar-refractivity contribution in [2.75, 3.05) is 24.7 Å². The average Bonchev–Trinajstić information content (AvgIpc) is 2.77. The summed E-state index contributed by atoms with van der Waals surface area (Å²) in [7, 11) is 1.59. The number of methoxy groups -OCH3 is 1. The van der Waals surface area contributed by atoms with Crippen LogP contribution >= 0.6 is 0 Å².